The molecule has 0 fully saturated rings. The molecule has 9 heteroatoms. The van der Waals surface area contributed by atoms with Crippen LogP contribution in [0.25, 0.3) is 0 Å². The largest absolute Gasteiger partial charge is 0.477 e. The van der Waals surface area contributed by atoms with Gasteiger partial charge in [-0.1, -0.05) is 203 Å². The Morgan fingerprint density at radius 2 is 0.851 bits per heavy atom. The lowest BCUT2D eigenvalue weighted by Crippen LogP contribution is -2.40. The van der Waals surface area contributed by atoms with E-state index in [9.17, 15) is 19.5 Å². The second kappa shape index (κ2) is 49.4. The summed E-state index contributed by atoms with van der Waals surface area (Å²) < 4.78 is 22.8. The highest BCUT2D eigenvalue weighted by Gasteiger charge is 2.25. The van der Waals surface area contributed by atoms with Crippen LogP contribution < -0.4 is 0 Å². The van der Waals surface area contributed by atoms with Gasteiger partial charge in [-0.05, 0) is 77.0 Å². The molecule has 0 rings (SSSR count). The number of likely N-dealkylation sites (N-methyl/N-ethyl adjacent to an activating group) is 1. The Hall–Kier alpha value is -3.01. The molecule has 0 aromatic heterocycles. The zero-order valence-corrected chi connectivity index (χ0v) is 44.1. The van der Waals surface area contributed by atoms with Crippen LogP contribution in [-0.2, 0) is 33.3 Å². The monoisotopic (exact) mass is 943 g/mol. The molecule has 0 saturated carbocycles. The Morgan fingerprint density at radius 3 is 1.28 bits per heavy atom. The van der Waals surface area contributed by atoms with E-state index in [0.717, 1.165) is 70.6 Å². The second-order valence-electron chi connectivity index (χ2n) is 19.5. The molecule has 0 aromatic carbocycles. The van der Waals surface area contributed by atoms with Crippen LogP contribution in [0.1, 0.15) is 232 Å². The Morgan fingerprint density at radius 1 is 0.463 bits per heavy atom. The zero-order valence-electron chi connectivity index (χ0n) is 44.1. The fourth-order valence-electron chi connectivity index (χ4n) is 7.53. The van der Waals surface area contributed by atoms with Crippen molar-refractivity contribution in [3.05, 3.63) is 60.8 Å². The van der Waals surface area contributed by atoms with E-state index in [-0.39, 0.29) is 32.2 Å². The van der Waals surface area contributed by atoms with E-state index in [1.54, 1.807) is 0 Å². The fraction of sp³-hybridized carbons (Fsp3) is 0.776. The number of hydrogen-bond donors (Lipinski definition) is 1. The molecule has 0 saturated heterocycles. The maximum absolute atomic E-state index is 12.8. The number of carboxylic acids is 1. The summed E-state index contributed by atoms with van der Waals surface area (Å²) in [6, 6.07) is 0. The van der Waals surface area contributed by atoms with Crippen molar-refractivity contribution >= 4 is 17.9 Å². The van der Waals surface area contributed by atoms with E-state index < -0.39 is 24.3 Å². The minimum Gasteiger partial charge on any atom is -0.477 e. The van der Waals surface area contributed by atoms with Gasteiger partial charge in [-0.25, -0.2) is 4.79 Å². The van der Waals surface area contributed by atoms with Gasteiger partial charge in [0.15, 0.2) is 6.10 Å². The summed E-state index contributed by atoms with van der Waals surface area (Å²) in [5.74, 6) is -2.04. The first-order valence-corrected chi connectivity index (χ1v) is 27.5. The maximum atomic E-state index is 12.8. The highest BCUT2D eigenvalue weighted by molar-refractivity contribution is 5.71. The van der Waals surface area contributed by atoms with Gasteiger partial charge in [-0.3, -0.25) is 9.59 Å². The van der Waals surface area contributed by atoms with E-state index in [2.05, 4.69) is 74.6 Å². The van der Waals surface area contributed by atoms with Crippen molar-refractivity contribution in [1.29, 1.82) is 0 Å². The minimum absolute atomic E-state index is 0.181. The summed E-state index contributed by atoms with van der Waals surface area (Å²) >= 11 is 0. The molecule has 0 aliphatic carbocycles. The number of ether oxygens (including phenoxy) is 4. The molecule has 67 heavy (non-hydrogen) atoms. The first-order valence-electron chi connectivity index (χ1n) is 27.5. The first kappa shape index (κ1) is 64.0. The molecular weight excluding hydrogens is 839 g/mol. The number of unbranched alkanes of at least 4 members (excludes halogenated alkanes) is 25. The lowest BCUT2D eigenvalue weighted by atomic mass is 10.0. The zero-order chi connectivity index (χ0) is 49.2. The molecule has 0 bridgehead atoms. The Balaban J connectivity index is 4.27. The number of nitrogens with zero attached hydrogens (tertiary/aromatic N) is 1. The summed E-state index contributed by atoms with van der Waals surface area (Å²) in [7, 11) is 5.95. The summed E-state index contributed by atoms with van der Waals surface area (Å²) in [5, 5.41) is 9.68. The van der Waals surface area contributed by atoms with Crippen LogP contribution in [0.4, 0.5) is 0 Å². The van der Waals surface area contributed by atoms with Crippen molar-refractivity contribution in [2.24, 2.45) is 0 Å². The van der Waals surface area contributed by atoms with Crippen LogP contribution >= 0.6 is 0 Å². The number of hydrogen-bond acceptors (Lipinski definition) is 7. The third kappa shape index (κ3) is 50.7. The standard InChI is InChI=1S/C58H103NO8/c1-6-8-10-12-14-16-18-20-22-24-25-26-27-28-29-30-31-33-34-36-38-40-42-44-46-48-55(60)65-52-54(53-66-58(57(62)63)64-51-50-59(3,4)5)67-56(61)49-47-45-43-41-39-37-35-32-23-21-19-17-15-13-11-9-7-2/h9,11,15,17,21,23-25,35,37,54,58H,6-8,10,12-14,16,18-20,22,26-34,36,38-53H2,1-5H3/p+1/b11-9-,17-15-,23-21-,25-24-,37-35-. The van der Waals surface area contributed by atoms with Crippen LogP contribution in [0.2, 0.25) is 0 Å². The lowest BCUT2D eigenvalue weighted by molar-refractivity contribution is -0.870. The highest BCUT2D eigenvalue weighted by Crippen LogP contribution is 2.16. The predicted octanol–water partition coefficient (Wildman–Crippen LogP) is 15.7. The third-order valence-corrected chi connectivity index (χ3v) is 11.8. The predicted molar refractivity (Wildman–Crippen MR) is 281 cm³/mol. The molecule has 388 valence electrons. The van der Waals surface area contributed by atoms with Crippen LogP contribution in [0.3, 0.4) is 0 Å². The van der Waals surface area contributed by atoms with Crippen LogP contribution in [0, 0.1) is 0 Å². The molecule has 0 aromatic rings. The average molecular weight is 943 g/mol. The summed E-state index contributed by atoms with van der Waals surface area (Å²) in [5.41, 5.74) is 0. The van der Waals surface area contributed by atoms with Gasteiger partial charge in [0.05, 0.1) is 34.4 Å². The third-order valence-electron chi connectivity index (χ3n) is 11.8. The Kier molecular flexibility index (Phi) is 47.2. The number of allylic oxidation sites excluding steroid dienone is 10. The minimum atomic E-state index is -1.52. The molecule has 0 aliphatic rings. The van der Waals surface area contributed by atoms with E-state index in [4.69, 9.17) is 18.9 Å². The van der Waals surface area contributed by atoms with Crippen molar-refractivity contribution in [3.8, 4) is 0 Å². The Labute approximate surface area is 412 Å². The van der Waals surface area contributed by atoms with Gasteiger partial charge in [-0.15, -0.1) is 0 Å². The Bertz CT molecular complexity index is 1280. The number of carbonyl (C=O) groups is 3. The SMILES string of the molecule is CC/C=C\C/C=C\C/C=C\C/C=C\CCCCCCC(=O)OC(COC(=O)CCCCCCCCCCCCCCC/C=C\CCCCCCCCCC)COC(OCC[N+](C)(C)C)C(=O)O. The number of quaternary nitrogens is 1. The lowest BCUT2D eigenvalue weighted by Gasteiger charge is -2.25. The first-order chi connectivity index (χ1) is 32.6. The van der Waals surface area contributed by atoms with Crippen LogP contribution in [0.15, 0.2) is 60.8 Å². The van der Waals surface area contributed by atoms with Crippen molar-refractivity contribution in [2.75, 3.05) is 47.5 Å². The molecule has 0 heterocycles. The molecule has 0 aliphatic heterocycles. The van der Waals surface area contributed by atoms with Gasteiger partial charge in [0.25, 0.3) is 6.29 Å². The van der Waals surface area contributed by atoms with Crippen molar-refractivity contribution in [3.63, 3.8) is 0 Å². The molecule has 0 spiro atoms. The van der Waals surface area contributed by atoms with E-state index in [1.165, 1.54) is 128 Å². The van der Waals surface area contributed by atoms with Gasteiger partial charge < -0.3 is 28.5 Å². The number of carboxylic acid groups (broad SMARTS) is 1. The molecule has 0 radical (unpaired) electrons. The van der Waals surface area contributed by atoms with Crippen molar-refractivity contribution in [2.45, 2.75) is 245 Å². The van der Waals surface area contributed by atoms with Gasteiger partial charge in [0.1, 0.15) is 13.2 Å². The fourth-order valence-corrected chi connectivity index (χ4v) is 7.53. The average Bonchev–Trinajstić information content (AvgIpc) is 3.29. The van der Waals surface area contributed by atoms with Crippen LogP contribution in [-0.4, -0.2) is 87.4 Å². The van der Waals surface area contributed by atoms with E-state index in [1.807, 2.05) is 21.1 Å². The number of aliphatic carboxylic acids is 1. The summed E-state index contributed by atoms with van der Waals surface area (Å²) in [6.07, 6.45) is 58.7. The van der Waals surface area contributed by atoms with Gasteiger partial charge in [0.2, 0.25) is 0 Å². The van der Waals surface area contributed by atoms with Gasteiger partial charge in [0, 0.05) is 12.8 Å². The number of carbonyl (C=O) groups excluding carboxylic acids is 2. The van der Waals surface area contributed by atoms with Gasteiger partial charge >= 0.3 is 17.9 Å². The highest BCUT2D eigenvalue weighted by atomic mass is 16.7. The maximum Gasteiger partial charge on any atom is 0.361 e. The molecule has 0 amide bonds. The van der Waals surface area contributed by atoms with Crippen LogP contribution in [0.5, 0.6) is 0 Å². The topological polar surface area (TPSA) is 108 Å². The molecule has 2 atom stereocenters. The second-order valence-corrected chi connectivity index (χ2v) is 19.5. The smallest absolute Gasteiger partial charge is 0.361 e. The van der Waals surface area contributed by atoms with E-state index >= 15 is 0 Å². The van der Waals surface area contributed by atoms with Crippen molar-refractivity contribution < 1.29 is 42.9 Å². The number of rotatable bonds is 50. The van der Waals surface area contributed by atoms with Crippen molar-refractivity contribution in [1.82, 2.24) is 0 Å². The molecule has 1 N–H and O–H groups in total. The quantitative estimate of drug-likeness (QED) is 0.0211. The number of esters is 2. The van der Waals surface area contributed by atoms with Gasteiger partial charge in [-0.2, -0.15) is 0 Å². The summed E-state index contributed by atoms with van der Waals surface area (Å²) in [6.45, 7) is 4.74. The molecular formula is C58H104NO8+. The van der Waals surface area contributed by atoms with E-state index in [0.29, 0.717) is 23.9 Å². The summed E-state index contributed by atoms with van der Waals surface area (Å²) in [4.78, 5) is 37.3. The molecule has 2 unspecified atom stereocenters. The normalized spacial score (nSPS) is 13.3. The molecule has 9 nitrogen and oxygen atoms in total.